The van der Waals surface area contributed by atoms with E-state index in [4.69, 9.17) is 15.2 Å². The van der Waals surface area contributed by atoms with Gasteiger partial charge in [0.15, 0.2) is 0 Å². The van der Waals surface area contributed by atoms with E-state index in [1.165, 1.54) is 11.6 Å². The van der Waals surface area contributed by atoms with Gasteiger partial charge in [-0.25, -0.2) is 0 Å². The van der Waals surface area contributed by atoms with Crippen LogP contribution in [0.4, 0.5) is 30.2 Å². The van der Waals surface area contributed by atoms with Gasteiger partial charge in [0.1, 0.15) is 12.3 Å². The van der Waals surface area contributed by atoms with E-state index in [1.54, 1.807) is 0 Å². The van der Waals surface area contributed by atoms with Crippen molar-refractivity contribution >= 4 is 23.0 Å². The first-order valence-electron chi connectivity index (χ1n) is 12.5. The Bertz CT molecular complexity index is 1050. The smallest absolute Gasteiger partial charge is 0.382 e. The molecule has 1 aliphatic carbocycles. The van der Waals surface area contributed by atoms with E-state index in [1.807, 2.05) is 4.90 Å². The van der Waals surface area contributed by atoms with Crippen molar-refractivity contribution in [2.75, 3.05) is 48.2 Å². The number of ether oxygens (including phenoxy) is 1. The summed E-state index contributed by atoms with van der Waals surface area (Å²) in [6, 6.07) is 11.6. The van der Waals surface area contributed by atoms with Crippen LogP contribution in [-0.4, -0.2) is 66.2 Å². The topological polar surface area (TPSA) is 88.5 Å². The largest absolute Gasteiger partial charge is 0.418 e. The molecule has 4 rings (SSSR count). The van der Waals surface area contributed by atoms with Gasteiger partial charge >= 0.3 is 6.18 Å². The van der Waals surface area contributed by atoms with Gasteiger partial charge in [-0.15, -0.1) is 5.23 Å². The van der Waals surface area contributed by atoms with Crippen LogP contribution >= 0.6 is 0 Å². The standard InChI is InChI=1S/C26H33F3N4O4/c1-18-2-7-21(8-3-18)31-12-14-32(15-13-31)25(34)17-37-22-9-4-19(5-10-22)30-20-6-11-24(33(35)36)23(16-20)26(27,28)29/h2-3,6-8,11,16,19,22,30,35-36H,4-5,9-10,12-15,17H2,1H3. The molecule has 0 radical (unpaired) electrons. The zero-order chi connectivity index (χ0) is 26.6. The Morgan fingerprint density at radius 1 is 1.03 bits per heavy atom. The molecule has 37 heavy (non-hydrogen) atoms. The number of carbonyl (C=O) groups excluding carboxylic acids is 1. The summed E-state index contributed by atoms with van der Waals surface area (Å²) in [4.78, 5) is 16.8. The fourth-order valence-corrected chi connectivity index (χ4v) is 4.89. The SMILES string of the molecule is Cc1ccc(N2CCN(C(=O)COC3CCC(Nc4ccc(N(O)O)c(C(F)(F)F)c4)CC3)CC2)cc1. The summed E-state index contributed by atoms with van der Waals surface area (Å²) >= 11 is 0. The minimum Gasteiger partial charge on any atom is -0.382 e. The third kappa shape index (κ3) is 7.06. The van der Waals surface area contributed by atoms with E-state index >= 15 is 0 Å². The average Bonchev–Trinajstić information content (AvgIpc) is 2.88. The van der Waals surface area contributed by atoms with Gasteiger partial charge in [-0.1, -0.05) is 17.7 Å². The van der Waals surface area contributed by atoms with E-state index in [-0.39, 0.29) is 30.3 Å². The number of nitrogens with zero attached hydrogens (tertiary/aromatic N) is 3. The molecule has 1 saturated heterocycles. The van der Waals surface area contributed by atoms with Gasteiger partial charge in [0.05, 0.1) is 11.7 Å². The second-order valence-electron chi connectivity index (χ2n) is 9.65. The highest BCUT2D eigenvalue weighted by Crippen LogP contribution is 2.38. The predicted octanol–water partition coefficient (Wildman–Crippen LogP) is 4.69. The van der Waals surface area contributed by atoms with Gasteiger partial charge in [0.2, 0.25) is 5.91 Å². The second-order valence-corrected chi connectivity index (χ2v) is 9.65. The van der Waals surface area contributed by atoms with Crippen LogP contribution in [0.5, 0.6) is 0 Å². The fraction of sp³-hybridized carbons (Fsp3) is 0.500. The van der Waals surface area contributed by atoms with Crippen molar-refractivity contribution < 1.29 is 33.1 Å². The molecule has 0 aromatic heterocycles. The van der Waals surface area contributed by atoms with Crippen LogP contribution in [0.15, 0.2) is 42.5 Å². The number of halogens is 3. The first kappa shape index (κ1) is 27.0. The number of alkyl halides is 3. The van der Waals surface area contributed by atoms with Crippen molar-refractivity contribution in [2.24, 2.45) is 0 Å². The van der Waals surface area contributed by atoms with Gasteiger partial charge in [-0.05, 0) is 62.9 Å². The Morgan fingerprint density at radius 2 is 1.68 bits per heavy atom. The van der Waals surface area contributed by atoms with Gasteiger partial charge < -0.3 is 19.9 Å². The quantitative estimate of drug-likeness (QED) is 0.455. The fourth-order valence-electron chi connectivity index (χ4n) is 4.89. The molecule has 8 nitrogen and oxygen atoms in total. The summed E-state index contributed by atoms with van der Waals surface area (Å²) in [7, 11) is 0. The Labute approximate surface area is 214 Å². The minimum atomic E-state index is -4.73. The van der Waals surface area contributed by atoms with Gasteiger partial charge in [-0.2, -0.15) is 13.2 Å². The number of hydrogen-bond donors (Lipinski definition) is 3. The van der Waals surface area contributed by atoms with Gasteiger partial charge in [0, 0.05) is 43.6 Å². The maximum Gasteiger partial charge on any atom is 0.418 e. The lowest BCUT2D eigenvalue weighted by Gasteiger charge is -2.36. The highest BCUT2D eigenvalue weighted by atomic mass is 19.4. The van der Waals surface area contributed by atoms with Crippen molar-refractivity contribution in [1.29, 1.82) is 0 Å². The first-order valence-corrected chi connectivity index (χ1v) is 12.5. The molecule has 0 bridgehead atoms. The molecule has 0 atom stereocenters. The Balaban J connectivity index is 1.19. The summed E-state index contributed by atoms with van der Waals surface area (Å²) in [6.45, 7) is 4.93. The van der Waals surface area contributed by atoms with Crippen LogP contribution < -0.4 is 15.4 Å². The summed E-state index contributed by atoms with van der Waals surface area (Å²) in [5, 5.41) is 20.7. The third-order valence-corrected chi connectivity index (χ3v) is 7.04. The zero-order valence-corrected chi connectivity index (χ0v) is 20.7. The molecule has 11 heteroatoms. The number of nitrogens with one attached hydrogen (secondary N) is 1. The molecule has 1 aliphatic heterocycles. The van der Waals surface area contributed by atoms with Crippen LogP contribution in [0.2, 0.25) is 0 Å². The lowest BCUT2D eigenvalue weighted by atomic mass is 9.92. The molecule has 0 spiro atoms. The van der Waals surface area contributed by atoms with Crippen LogP contribution in [0.25, 0.3) is 0 Å². The maximum absolute atomic E-state index is 13.3. The molecule has 3 N–H and O–H groups in total. The molecule has 2 aromatic carbocycles. The van der Waals surface area contributed by atoms with Gasteiger partial charge in [-0.3, -0.25) is 15.2 Å². The molecule has 1 saturated carbocycles. The monoisotopic (exact) mass is 522 g/mol. The Hall–Kier alpha value is -3.02. The minimum absolute atomic E-state index is 0.0228. The van der Waals surface area contributed by atoms with Crippen LogP contribution in [0, 0.1) is 6.92 Å². The number of aryl methyl sites for hydroxylation is 1. The summed E-state index contributed by atoms with van der Waals surface area (Å²) in [5.74, 6) is -0.0228. The van der Waals surface area contributed by atoms with Crippen molar-refractivity contribution in [3.63, 3.8) is 0 Å². The molecule has 2 aromatic rings. The number of hydrogen-bond acceptors (Lipinski definition) is 7. The average molecular weight is 523 g/mol. The normalized spacial score (nSPS) is 20.6. The number of rotatable bonds is 7. The number of piperazine rings is 1. The van der Waals surface area contributed by atoms with E-state index < -0.39 is 22.7 Å². The molecule has 0 unspecified atom stereocenters. The molecule has 2 fully saturated rings. The summed E-state index contributed by atoms with van der Waals surface area (Å²) < 4.78 is 45.7. The van der Waals surface area contributed by atoms with E-state index in [0.717, 1.165) is 30.9 Å². The summed E-state index contributed by atoms with van der Waals surface area (Å²) in [6.07, 6.45) is -2.05. The lowest BCUT2D eigenvalue weighted by molar-refractivity contribution is -0.139. The second kappa shape index (κ2) is 11.6. The van der Waals surface area contributed by atoms with Crippen LogP contribution in [0.1, 0.15) is 36.8 Å². The molecule has 202 valence electrons. The van der Waals surface area contributed by atoms with E-state index in [9.17, 15) is 18.0 Å². The number of amides is 1. The van der Waals surface area contributed by atoms with Crippen molar-refractivity contribution in [3.05, 3.63) is 53.6 Å². The number of benzene rings is 2. The summed E-state index contributed by atoms with van der Waals surface area (Å²) in [5.41, 5.74) is 0.746. The predicted molar refractivity (Wildman–Crippen MR) is 133 cm³/mol. The molecule has 2 aliphatic rings. The number of anilines is 3. The highest BCUT2D eigenvalue weighted by Gasteiger charge is 2.35. The van der Waals surface area contributed by atoms with Crippen LogP contribution in [0.3, 0.4) is 0 Å². The first-order chi connectivity index (χ1) is 17.6. The van der Waals surface area contributed by atoms with Crippen molar-refractivity contribution in [2.45, 2.75) is 50.9 Å². The molecule has 1 amide bonds. The third-order valence-electron chi connectivity index (χ3n) is 7.04. The Kier molecular flexibility index (Phi) is 8.46. The highest BCUT2D eigenvalue weighted by molar-refractivity contribution is 5.77. The number of carbonyl (C=O) groups is 1. The molecular formula is C26H33F3N4O4. The molecule has 1 heterocycles. The maximum atomic E-state index is 13.3. The zero-order valence-electron chi connectivity index (χ0n) is 20.7. The lowest BCUT2D eigenvalue weighted by Crippen LogP contribution is -2.50. The Morgan fingerprint density at radius 3 is 2.27 bits per heavy atom. The van der Waals surface area contributed by atoms with Gasteiger partial charge in [0.25, 0.3) is 0 Å². The van der Waals surface area contributed by atoms with E-state index in [2.05, 4.69) is 41.4 Å². The van der Waals surface area contributed by atoms with E-state index in [0.29, 0.717) is 38.8 Å². The van der Waals surface area contributed by atoms with Crippen LogP contribution in [-0.2, 0) is 15.7 Å². The van der Waals surface area contributed by atoms with Crippen molar-refractivity contribution in [1.82, 2.24) is 4.90 Å². The molecular weight excluding hydrogens is 489 g/mol. The van der Waals surface area contributed by atoms with Crippen molar-refractivity contribution in [3.8, 4) is 0 Å².